The van der Waals surface area contributed by atoms with E-state index in [0.29, 0.717) is 23.0 Å². The van der Waals surface area contributed by atoms with Crippen molar-refractivity contribution in [1.82, 2.24) is 0 Å². The molecule has 0 unspecified atom stereocenters. The monoisotopic (exact) mass is 874 g/mol. The quantitative estimate of drug-likeness (QED) is 0.0313. The van der Waals surface area contributed by atoms with Crippen LogP contribution < -0.4 is 9.47 Å². The Morgan fingerprint density at radius 2 is 0.678 bits per heavy atom. The molecule has 0 aromatic heterocycles. The maximum atomic E-state index is 11.5. The zero-order valence-corrected chi connectivity index (χ0v) is 39.4. The predicted molar refractivity (Wildman–Crippen MR) is 239 cm³/mol. The Hall–Kier alpha value is -2.44. The second kappa shape index (κ2) is 30.6. The topological polar surface area (TPSA) is 133 Å². The van der Waals surface area contributed by atoms with Crippen molar-refractivity contribution in [2.75, 3.05) is 0 Å². The average Bonchev–Trinajstić information content (AvgIpc) is 3.19. The fourth-order valence-corrected chi connectivity index (χ4v) is 7.95. The second-order valence-electron chi connectivity index (χ2n) is 15.2. The van der Waals surface area contributed by atoms with Gasteiger partial charge < -0.3 is 18.6 Å². The molecule has 4 aromatic rings. The summed E-state index contributed by atoms with van der Waals surface area (Å²) in [5.74, 6) is 1.99. The number of hydrogen-bond donors (Lipinski definition) is 0. The van der Waals surface area contributed by atoms with Crippen molar-refractivity contribution in [2.45, 2.75) is 165 Å². The second-order valence-corrected chi connectivity index (χ2v) is 18.0. The third-order valence-corrected chi connectivity index (χ3v) is 11.7. The summed E-state index contributed by atoms with van der Waals surface area (Å²) in [6, 6.07) is 27.5. The zero-order chi connectivity index (χ0) is 41.9. The molecule has 0 aliphatic heterocycles. The first-order valence-corrected chi connectivity index (χ1v) is 24.4. The van der Waals surface area contributed by atoms with Gasteiger partial charge in [0.1, 0.15) is 43.2 Å². The summed E-state index contributed by atoms with van der Waals surface area (Å²) in [6.07, 6.45) is 26.4. The van der Waals surface area contributed by atoms with Crippen LogP contribution in [0.2, 0.25) is 0 Å². The number of hydrogen-bond acceptors (Lipinski definition) is 8. The van der Waals surface area contributed by atoms with E-state index in [1.807, 2.05) is 48.5 Å². The number of ether oxygens (including phenoxy) is 2. The van der Waals surface area contributed by atoms with Crippen molar-refractivity contribution in [3.63, 3.8) is 0 Å². The van der Waals surface area contributed by atoms with Crippen molar-refractivity contribution in [3.05, 3.63) is 108 Å². The number of benzene rings is 4. The Morgan fingerprint density at radius 3 is 0.966 bits per heavy atom. The summed E-state index contributed by atoms with van der Waals surface area (Å²) in [6.45, 7) is 4.47. The fourth-order valence-electron chi connectivity index (χ4n) is 6.84. The molecule has 0 atom stereocenters. The smallest absolute Gasteiger partial charge is 0.744 e. The molecule has 0 aliphatic rings. The fraction of sp³-hybridized carbons (Fsp3) is 0.500. The van der Waals surface area contributed by atoms with Crippen LogP contribution in [0.25, 0.3) is 0 Å². The molecule has 0 saturated carbocycles. The standard InChI is InChI=1S/2C24H34O4S.Ca/c2*1-2-3-4-5-6-7-8-9-10-12-15-21-18-23(20-24(19-21)29(25,26)27)28-22-16-13-11-14-17-22;/h2*11,13-14,16-20H,2-10,12,15H2,1H3,(H,25,26,27);/q;;+2/p-2. The molecule has 0 spiro atoms. The van der Waals surface area contributed by atoms with Crippen LogP contribution >= 0.6 is 0 Å². The van der Waals surface area contributed by atoms with Gasteiger partial charge in [-0.1, -0.05) is 166 Å². The van der Waals surface area contributed by atoms with Gasteiger partial charge in [-0.25, -0.2) is 16.8 Å². The Labute approximate surface area is 386 Å². The summed E-state index contributed by atoms with van der Waals surface area (Å²) in [5.41, 5.74) is 1.65. The van der Waals surface area contributed by atoms with Gasteiger partial charge in [0.2, 0.25) is 0 Å². The Kier molecular flexibility index (Phi) is 27.3. The van der Waals surface area contributed by atoms with Crippen LogP contribution in [0.4, 0.5) is 0 Å². The van der Waals surface area contributed by atoms with E-state index in [1.54, 1.807) is 24.3 Å². The molecule has 0 saturated heterocycles. The first-order chi connectivity index (χ1) is 28.0. The van der Waals surface area contributed by atoms with Gasteiger partial charge in [-0.3, -0.25) is 0 Å². The molecule has 4 rings (SSSR count). The summed E-state index contributed by atoms with van der Waals surface area (Å²) in [7, 11) is -9.04. The maximum absolute atomic E-state index is 11.5. The van der Waals surface area contributed by atoms with E-state index in [2.05, 4.69) is 13.8 Å². The normalized spacial score (nSPS) is 11.3. The van der Waals surface area contributed by atoms with Crippen molar-refractivity contribution in [3.8, 4) is 23.0 Å². The molecule has 320 valence electrons. The van der Waals surface area contributed by atoms with Gasteiger partial charge in [0, 0.05) is 0 Å². The van der Waals surface area contributed by atoms with E-state index >= 15 is 0 Å². The van der Waals surface area contributed by atoms with Crippen LogP contribution in [-0.4, -0.2) is 63.7 Å². The summed E-state index contributed by atoms with van der Waals surface area (Å²) in [4.78, 5) is -0.457. The molecule has 0 heterocycles. The minimum Gasteiger partial charge on any atom is -0.744 e. The molecule has 0 radical (unpaired) electrons. The van der Waals surface area contributed by atoms with Gasteiger partial charge in [-0.05, 0) is 97.5 Å². The zero-order valence-electron chi connectivity index (χ0n) is 35.6. The van der Waals surface area contributed by atoms with Crippen LogP contribution in [0.3, 0.4) is 0 Å². The molecule has 4 aromatic carbocycles. The Balaban J connectivity index is 0.000000400. The van der Waals surface area contributed by atoms with Gasteiger partial charge in [0.25, 0.3) is 0 Å². The van der Waals surface area contributed by atoms with Crippen molar-refractivity contribution >= 4 is 58.0 Å². The molecule has 0 fully saturated rings. The number of unbranched alkanes of at least 4 members (excludes halogenated alkanes) is 18. The van der Waals surface area contributed by atoms with E-state index < -0.39 is 20.2 Å². The molecule has 0 amide bonds. The van der Waals surface area contributed by atoms with E-state index in [0.717, 1.165) is 49.7 Å². The summed E-state index contributed by atoms with van der Waals surface area (Å²) < 4.78 is 80.6. The first-order valence-electron chi connectivity index (χ1n) is 21.6. The average molecular weight is 875 g/mol. The van der Waals surface area contributed by atoms with E-state index in [1.165, 1.54) is 127 Å². The van der Waals surface area contributed by atoms with Gasteiger partial charge in [0.15, 0.2) is 0 Å². The van der Waals surface area contributed by atoms with Crippen LogP contribution in [-0.2, 0) is 33.1 Å². The van der Waals surface area contributed by atoms with Gasteiger partial charge in [-0.15, -0.1) is 0 Å². The molecular formula is C48H66CaO8S2. The molecule has 59 heavy (non-hydrogen) atoms. The van der Waals surface area contributed by atoms with Crippen LogP contribution in [0.5, 0.6) is 23.0 Å². The minimum absolute atomic E-state index is 0. The number of rotatable bonds is 28. The number of para-hydroxylation sites is 2. The first kappa shape index (κ1) is 52.7. The molecule has 11 heteroatoms. The maximum Gasteiger partial charge on any atom is 2.00 e. The largest absolute Gasteiger partial charge is 2.00 e. The molecule has 0 aliphatic carbocycles. The third-order valence-electron chi connectivity index (χ3n) is 10.1. The van der Waals surface area contributed by atoms with Crippen LogP contribution in [0.1, 0.15) is 153 Å². The predicted octanol–water partition coefficient (Wildman–Crippen LogP) is 13.3. The minimum atomic E-state index is -4.52. The van der Waals surface area contributed by atoms with Crippen molar-refractivity contribution < 1.29 is 35.4 Å². The van der Waals surface area contributed by atoms with Crippen LogP contribution in [0.15, 0.2) is 107 Å². The van der Waals surface area contributed by atoms with Crippen molar-refractivity contribution in [2.24, 2.45) is 0 Å². The van der Waals surface area contributed by atoms with E-state index in [9.17, 15) is 25.9 Å². The van der Waals surface area contributed by atoms with Gasteiger partial charge in [0.05, 0.1) is 9.79 Å². The SMILES string of the molecule is CCCCCCCCCCCCc1cc(Oc2ccccc2)cc(S(=O)(=O)[O-])c1.CCCCCCCCCCCCc1cc(Oc2ccccc2)cc(S(=O)(=O)[O-])c1.[Ca+2]. The number of aryl methyl sites for hydroxylation is 2. The molecule has 0 N–H and O–H groups in total. The summed E-state index contributed by atoms with van der Waals surface area (Å²) >= 11 is 0. The van der Waals surface area contributed by atoms with E-state index in [4.69, 9.17) is 9.47 Å². The third kappa shape index (κ3) is 24.0. The molecule has 8 nitrogen and oxygen atoms in total. The van der Waals surface area contributed by atoms with Gasteiger partial charge >= 0.3 is 37.7 Å². The van der Waals surface area contributed by atoms with Crippen molar-refractivity contribution in [1.29, 1.82) is 0 Å². The molecular weight excluding hydrogens is 809 g/mol. The Morgan fingerprint density at radius 1 is 0.390 bits per heavy atom. The van der Waals surface area contributed by atoms with Gasteiger partial charge in [-0.2, -0.15) is 0 Å². The summed E-state index contributed by atoms with van der Waals surface area (Å²) in [5, 5.41) is 0. The molecule has 0 bridgehead atoms. The Bertz CT molecular complexity index is 1780. The van der Waals surface area contributed by atoms with Crippen LogP contribution in [0, 0.1) is 0 Å². The van der Waals surface area contributed by atoms with E-state index in [-0.39, 0.29) is 47.5 Å².